The van der Waals surface area contributed by atoms with Crippen molar-refractivity contribution in [2.45, 2.75) is 56.7 Å². The number of rotatable bonds is 8. The second kappa shape index (κ2) is 8.81. The molecule has 6 atom stereocenters. The van der Waals surface area contributed by atoms with Crippen LogP contribution in [0.4, 0.5) is 0 Å². The van der Waals surface area contributed by atoms with Gasteiger partial charge in [-0.1, -0.05) is 6.92 Å². The number of nitrogens with zero attached hydrogens (tertiary/aromatic N) is 3. The number of carbonyl (C=O) groups excluding carboxylic acids is 3. The maximum Gasteiger partial charge on any atom is 0.347 e. The summed E-state index contributed by atoms with van der Waals surface area (Å²) in [6.07, 6.45) is 4.62. The Labute approximate surface area is 195 Å². The quantitative estimate of drug-likeness (QED) is 0.274. The van der Waals surface area contributed by atoms with Crippen LogP contribution < -0.4 is 15.6 Å². The Morgan fingerprint density at radius 2 is 2.19 bits per heavy atom. The van der Waals surface area contributed by atoms with Crippen molar-refractivity contribution < 1.29 is 24.1 Å². The number of aromatic nitrogens is 2. The molecule has 3 aliphatic heterocycles. The Morgan fingerprint density at radius 3 is 2.81 bits per heavy atom. The average Bonchev–Trinajstić information content (AvgIpc) is 3.36. The summed E-state index contributed by atoms with van der Waals surface area (Å²) in [5.74, 6) is -0.770. The van der Waals surface area contributed by atoms with Gasteiger partial charge in [-0.05, 0) is 24.9 Å². The van der Waals surface area contributed by atoms with E-state index in [1.807, 2.05) is 23.9 Å². The minimum Gasteiger partial charge on any atom is -0.393 e. The molecule has 0 aromatic carbocycles. The monoisotopic (exact) mass is 482 g/mol. The number of primary amides is 1. The van der Waals surface area contributed by atoms with E-state index in [0.717, 1.165) is 24.3 Å². The third-order valence-electron chi connectivity index (χ3n) is 6.79. The van der Waals surface area contributed by atoms with Gasteiger partial charge in [0.25, 0.3) is 5.24 Å². The lowest BCUT2D eigenvalue weighted by molar-refractivity contribution is -0.673. The molecule has 0 bridgehead atoms. The number of allylic oxidation sites excluding steroid dienone is 1. The van der Waals surface area contributed by atoms with E-state index in [9.17, 15) is 19.5 Å². The Balaban J connectivity index is 1.41. The first kappa shape index (κ1) is 23.3. The largest absolute Gasteiger partial charge is 0.393 e. The van der Waals surface area contributed by atoms with Gasteiger partial charge in [0.15, 0.2) is 0 Å². The summed E-state index contributed by atoms with van der Waals surface area (Å²) in [5.41, 5.74) is 5.77. The number of nitrogens with two attached hydrogens (primary N) is 1. The molecule has 32 heavy (non-hydrogen) atoms. The van der Waals surface area contributed by atoms with Crippen LogP contribution in [0.25, 0.3) is 0 Å². The van der Waals surface area contributed by atoms with E-state index in [4.69, 9.17) is 17.3 Å². The highest BCUT2D eigenvalue weighted by Crippen LogP contribution is 2.52. The van der Waals surface area contributed by atoms with Gasteiger partial charge in [0, 0.05) is 35.1 Å². The van der Waals surface area contributed by atoms with Gasteiger partial charge in [0.05, 0.1) is 31.7 Å². The van der Waals surface area contributed by atoms with Crippen molar-refractivity contribution >= 4 is 40.4 Å². The smallest absolute Gasteiger partial charge is 0.347 e. The third-order valence-corrected chi connectivity index (χ3v) is 8.48. The molecule has 1 aromatic heterocycles. The predicted molar refractivity (Wildman–Crippen MR) is 119 cm³/mol. The molecular weight excluding hydrogens is 454 g/mol. The van der Waals surface area contributed by atoms with Crippen molar-refractivity contribution in [2.24, 2.45) is 24.6 Å². The van der Waals surface area contributed by atoms with Crippen molar-refractivity contribution in [3.05, 3.63) is 28.8 Å². The number of halogens is 1. The standard InChI is InChI=1S/C21H28ClN5O4S/c1-10-15-14(11(2)28)21(31)27(15)16(18(22)29)17(10)32-13-8-12(24-9-13)4-5-26-7-6-25(3)20(26)19(23)30/h6-7,10-15,24,28H,4-5,8-9H2,1-3H3,(H-,23,30)/p+1/t10-,11-,12-,13+,14-,15-/m1/s1. The van der Waals surface area contributed by atoms with Crippen LogP contribution in [0.3, 0.4) is 0 Å². The number of hydrogen-bond donors (Lipinski definition) is 3. The van der Waals surface area contributed by atoms with Crippen molar-refractivity contribution in [1.82, 2.24) is 14.8 Å². The van der Waals surface area contributed by atoms with Crippen LogP contribution in [0.1, 0.15) is 37.3 Å². The van der Waals surface area contributed by atoms with E-state index in [1.54, 1.807) is 30.3 Å². The Bertz CT molecular complexity index is 993. The van der Waals surface area contributed by atoms with Gasteiger partial charge >= 0.3 is 11.7 Å². The molecule has 0 radical (unpaired) electrons. The minimum absolute atomic E-state index is 0.0490. The lowest BCUT2D eigenvalue weighted by atomic mass is 9.79. The van der Waals surface area contributed by atoms with Crippen LogP contribution in [-0.4, -0.2) is 61.6 Å². The highest BCUT2D eigenvalue weighted by molar-refractivity contribution is 8.03. The van der Waals surface area contributed by atoms with Crippen molar-refractivity contribution in [3.8, 4) is 0 Å². The molecule has 0 saturated carbocycles. The van der Waals surface area contributed by atoms with Gasteiger partial charge in [-0.3, -0.25) is 14.4 Å². The molecule has 0 aliphatic carbocycles. The molecule has 4 heterocycles. The molecular formula is C21H29ClN5O4S+. The SMILES string of the molecule is C[C@@H](O)[C@H]1C(=O)N2C(C(=O)Cl)=C(S[C@@H]3CN[C@H](CCn4cc[n+](C)c4C(N)=O)C3)[C@H](C)[C@H]12. The number of aryl methyl sites for hydroxylation is 2. The predicted octanol–water partition coefficient (Wildman–Crippen LogP) is 0.0998. The summed E-state index contributed by atoms with van der Waals surface area (Å²) in [7, 11) is 1.79. The zero-order chi connectivity index (χ0) is 23.3. The number of carbonyl (C=O) groups is 3. The number of imidazole rings is 1. The normalized spacial score (nSPS) is 30.5. The van der Waals surface area contributed by atoms with Crippen LogP contribution in [0.15, 0.2) is 23.0 Å². The fourth-order valence-corrected chi connectivity index (χ4v) is 7.02. The molecule has 4 N–H and O–H groups in total. The zero-order valence-electron chi connectivity index (χ0n) is 18.3. The third kappa shape index (κ3) is 3.87. The van der Waals surface area contributed by atoms with E-state index >= 15 is 0 Å². The van der Waals surface area contributed by atoms with Crippen LogP contribution in [0, 0.1) is 11.8 Å². The lowest BCUT2D eigenvalue weighted by Gasteiger charge is -2.46. The van der Waals surface area contributed by atoms with Crippen LogP contribution in [0.5, 0.6) is 0 Å². The average molecular weight is 483 g/mol. The van der Waals surface area contributed by atoms with Crippen LogP contribution >= 0.6 is 23.4 Å². The van der Waals surface area contributed by atoms with Gasteiger partial charge < -0.3 is 21.1 Å². The summed E-state index contributed by atoms with van der Waals surface area (Å²) in [6, 6.07) is 0.0480. The number of hydrogen-bond acceptors (Lipinski definition) is 6. The Kier molecular flexibility index (Phi) is 6.41. The van der Waals surface area contributed by atoms with Crippen molar-refractivity contribution in [3.63, 3.8) is 0 Å². The summed E-state index contributed by atoms with van der Waals surface area (Å²) in [6.45, 7) is 5.04. The highest BCUT2D eigenvalue weighted by atomic mass is 35.5. The lowest BCUT2D eigenvalue weighted by Crippen LogP contribution is -2.63. The van der Waals surface area contributed by atoms with Crippen molar-refractivity contribution in [1.29, 1.82) is 0 Å². The van der Waals surface area contributed by atoms with Gasteiger partial charge in [-0.25, -0.2) is 9.13 Å². The van der Waals surface area contributed by atoms with E-state index < -0.39 is 23.2 Å². The Hall–Kier alpha value is -1.88. The summed E-state index contributed by atoms with van der Waals surface area (Å²) >= 11 is 7.49. The summed E-state index contributed by atoms with van der Waals surface area (Å²) < 4.78 is 3.58. The maximum atomic E-state index is 12.5. The van der Waals surface area contributed by atoms with Crippen LogP contribution in [0.2, 0.25) is 0 Å². The fraction of sp³-hybridized carbons (Fsp3) is 0.619. The second-order valence-electron chi connectivity index (χ2n) is 8.90. The van der Waals surface area contributed by atoms with E-state index in [2.05, 4.69) is 5.32 Å². The molecule has 3 aliphatic rings. The first-order valence-electron chi connectivity index (χ1n) is 10.8. The Morgan fingerprint density at radius 1 is 1.47 bits per heavy atom. The molecule has 4 rings (SSSR count). The molecule has 1 aromatic rings. The highest BCUT2D eigenvalue weighted by Gasteiger charge is 2.59. The zero-order valence-corrected chi connectivity index (χ0v) is 19.9. The topological polar surface area (TPSA) is 122 Å². The molecule has 0 spiro atoms. The minimum atomic E-state index is -0.763. The molecule has 11 heteroatoms. The summed E-state index contributed by atoms with van der Waals surface area (Å²) in [4.78, 5) is 38.7. The van der Waals surface area contributed by atoms with Crippen molar-refractivity contribution in [2.75, 3.05) is 6.54 Å². The van der Waals surface area contributed by atoms with Crippen LogP contribution in [-0.2, 0) is 23.2 Å². The van der Waals surface area contributed by atoms with Gasteiger partial charge in [-0.15, -0.1) is 11.8 Å². The maximum absolute atomic E-state index is 12.5. The number of nitrogens with one attached hydrogen (secondary N) is 1. The van der Waals surface area contributed by atoms with Gasteiger partial charge in [-0.2, -0.15) is 0 Å². The first-order valence-corrected chi connectivity index (χ1v) is 12.1. The van der Waals surface area contributed by atoms with Gasteiger partial charge in [0.2, 0.25) is 5.91 Å². The molecule has 2 saturated heterocycles. The van der Waals surface area contributed by atoms with E-state index in [1.165, 1.54) is 4.90 Å². The second-order valence-corrected chi connectivity index (χ2v) is 10.6. The molecule has 0 unspecified atom stereocenters. The molecule has 2 amide bonds. The number of fused-ring (bicyclic) bond motifs is 1. The van der Waals surface area contributed by atoms with E-state index in [0.29, 0.717) is 12.4 Å². The van der Waals surface area contributed by atoms with E-state index in [-0.39, 0.29) is 34.9 Å². The van der Waals surface area contributed by atoms with Gasteiger partial charge in [0.1, 0.15) is 18.1 Å². The fourth-order valence-electron chi connectivity index (χ4n) is 5.25. The molecule has 9 nitrogen and oxygen atoms in total. The summed E-state index contributed by atoms with van der Waals surface area (Å²) in [5, 5.41) is 13.1. The number of aliphatic hydroxyl groups is 1. The number of thioether (sulfide) groups is 1. The number of amides is 2. The number of aliphatic hydroxyl groups excluding tert-OH is 1. The molecule has 174 valence electrons. The molecule has 2 fully saturated rings. The number of β-lactam (4-membered cyclic amide) rings is 1. The first-order chi connectivity index (χ1) is 15.1.